The van der Waals surface area contributed by atoms with Gasteiger partial charge < -0.3 is 9.84 Å². The summed E-state index contributed by atoms with van der Waals surface area (Å²) in [6, 6.07) is 3.91. The van der Waals surface area contributed by atoms with Crippen molar-refractivity contribution < 1.29 is 9.84 Å². The highest BCUT2D eigenvalue weighted by Crippen LogP contribution is 2.32. The van der Waals surface area contributed by atoms with Crippen LogP contribution in [-0.4, -0.2) is 34.9 Å². The number of aliphatic hydroxyl groups is 1. The van der Waals surface area contributed by atoms with Crippen molar-refractivity contribution in [3.05, 3.63) is 34.0 Å². The molecule has 1 N–H and O–H groups in total. The number of hydrogen-bond acceptors (Lipinski definition) is 5. The Kier molecular flexibility index (Phi) is 3.19. The van der Waals surface area contributed by atoms with Gasteiger partial charge in [0.05, 0.1) is 35.8 Å². The number of ether oxygens (including phenoxy) is 1. The van der Waals surface area contributed by atoms with Crippen LogP contribution in [0.2, 0.25) is 0 Å². The van der Waals surface area contributed by atoms with Crippen molar-refractivity contribution in [3.63, 3.8) is 0 Å². The minimum atomic E-state index is -0.412. The molecule has 4 nitrogen and oxygen atoms in total. The number of nitrogens with zero attached hydrogens (tertiary/aromatic N) is 2. The van der Waals surface area contributed by atoms with E-state index in [0.29, 0.717) is 19.0 Å². The van der Waals surface area contributed by atoms with Crippen molar-refractivity contribution >= 4 is 27.3 Å². The van der Waals surface area contributed by atoms with Gasteiger partial charge in [-0.1, -0.05) is 0 Å². The first kappa shape index (κ1) is 12.2. The summed E-state index contributed by atoms with van der Waals surface area (Å²) < 4.78 is 6.24. The molecule has 0 spiro atoms. The Bertz CT molecular complexity index is 563. The molecule has 0 atom stereocenters. The predicted molar refractivity (Wildman–Crippen MR) is 72.6 cm³/mol. The summed E-state index contributed by atoms with van der Waals surface area (Å²) in [6.07, 6.45) is 1.74. The minimum absolute atomic E-state index is 0.0184. The van der Waals surface area contributed by atoms with Gasteiger partial charge in [-0.25, -0.2) is 9.97 Å². The lowest BCUT2D eigenvalue weighted by atomic mass is 9.86. The molecule has 1 saturated heterocycles. The number of thiophene rings is 1. The second-order valence-corrected chi connectivity index (χ2v) is 6.15. The van der Waals surface area contributed by atoms with Gasteiger partial charge in [-0.3, -0.25) is 0 Å². The Labute approximate surface area is 117 Å². The van der Waals surface area contributed by atoms with Crippen LogP contribution in [0.4, 0.5) is 0 Å². The standard InChI is InChI=1S/C12H11BrN2O2S/c13-8-3-10(18-4-8)9-1-2-14-11(15-9)12(5-16)6-17-7-12/h1-4,16H,5-7H2. The molecule has 0 bridgehead atoms. The molecule has 2 aromatic heterocycles. The fourth-order valence-corrected chi connectivity index (χ4v) is 3.24. The van der Waals surface area contributed by atoms with Crippen LogP contribution in [0.25, 0.3) is 10.6 Å². The van der Waals surface area contributed by atoms with E-state index in [0.717, 1.165) is 15.0 Å². The number of aliphatic hydroxyl groups excluding tert-OH is 1. The molecule has 1 aliphatic heterocycles. The predicted octanol–water partition coefficient (Wildman–Crippen LogP) is 2.23. The lowest BCUT2D eigenvalue weighted by molar-refractivity contribution is -0.0883. The molecule has 0 radical (unpaired) electrons. The second-order valence-electron chi connectivity index (χ2n) is 4.33. The molecule has 94 valence electrons. The van der Waals surface area contributed by atoms with E-state index in [2.05, 4.69) is 25.9 Å². The summed E-state index contributed by atoms with van der Waals surface area (Å²) in [6.45, 7) is 0.993. The summed E-state index contributed by atoms with van der Waals surface area (Å²) in [4.78, 5) is 9.92. The first-order valence-corrected chi connectivity index (χ1v) is 7.17. The average molecular weight is 327 g/mol. The third-order valence-corrected chi connectivity index (χ3v) is 4.72. The molecule has 0 amide bonds. The molecule has 0 unspecified atom stereocenters. The fourth-order valence-electron chi connectivity index (χ4n) is 1.84. The van der Waals surface area contributed by atoms with Gasteiger partial charge in [-0.05, 0) is 28.1 Å². The topological polar surface area (TPSA) is 55.2 Å². The largest absolute Gasteiger partial charge is 0.395 e. The highest BCUT2D eigenvalue weighted by atomic mass is 79.9. The van der Waals surface area contributed by atoms with Gasteiger partial charge in [0.2, 0.25) is 0 Å². The molecule has 3 rings (SSSR count). The number of hydrogen-bond donors (Lipinski definition) is 1. The Balaban J connectivity index is 1.99. The lowest BCUT2D eigenvalue weighted by Crippen LogP contribution is -2.50. The van der Waals surface area contributed by atoms with Crippen LogP contribution in [0.5, 0.6) is 0 Å². The minimum Gasteiger partial charge on any atom is -0.395 e. The van der Waals surface area contributed by atoms with E-state index in [4.69, 9.17) is 4.74 Å². The molecular formula is C12H11BrN2O2S. The molecule has 1 aliphatic rings. The lowest BCUT2D eigenvalue weighted by Gasteiger charge is -2.38. The van der Waals surface area contributed by atoms with E-state index < -0.39 is 5.41 Å². The zero-order valence-electron chi connectivity index (χ0n) is 9.47. The smallest absolute Gasteiger partial charge is 0.142 e. The summed E-state index contributed by atoms with van der Waals surface area (Å²) in [5, 5.41) is 11.5. The van der Waals surface area contributed by atoms with Gasteiger partial charge in [0.15, 0.2) is 0 Å². The molecule has 0 aromatic carbocycles. The van der Waals surface area contributed by atoms with Crippen molar-refractivity contribution in [1.82, 2.24) is 9.97 Å². The first-order chi connectivity index (χ1) is 8.73. The monoisotopic (exact) mass is 326 g/mol. The zero-order chi connectivity index (χ0) is 12.6. The Morgan fingerprint density at radius 3 is 2.89 bits per heavy atom. The van der Waals surface area contributed by atoms with Crippen molar-refractivity contribution in [2.24, 2.45) is 0 Å². The van der Waals surface area contributed by atoms with E-state index >= 15 is 0 Å². The molecule has 3 heterocycles. The van der Waals surface area contributed by atoms with Crippen molar-refractivity contribution in [2.45, 2.75) is 5.41 Å². The van der Waals surface area contributed by atoms with Crippen molar-refractivity contribution in [3.8, 4) is 10.6 Å². The van der Waals surface area contributed by atoms with Crippen LogP contribution in [-0.2, 0) is 10.2 Å². The summed E-state index contributed by atoms with van der Waals surface area (Å²) in [7, 11) is 0. The molecule has 1 fully saturated rings. The number of rotatable bonds is 3. The molecular weight excluding hydrogens is 316 g/mol. The molecule has 0 aliphatic carbocycles. The molecule has 6 heteroatoms. The van der Waals surface area contributed by atoms with E-state index in [1.165, 1.54) is 0 Å². The quantitative estimate of drug-likeness (QED) is 0.939. The number of halogens is 1. The van der Waals surface area contributed by atoms with Gasteiger partial charge >= 0.3 is 0 Å². The molecule has 2 aromatic rings. The summed E-state index contributed by atoms with van der Waals surface area (Å²) in [5.41, 5.74) is 0.472. The highest BCUT2D eigenvalue weighted by molar-refractivity contribution is 9.10. The Hall–Kier alpha value is -0.820. The van der Waals surface area contributed by atoms with Crippen molar-refractivity contribution in [2.75, 3.05) is 19.8 Å². The SMILES string of the molecule is OCC1(c2nccc(-c3cc(Br)cs3)n2)COC1. The number of aromatic nitrogens is 2. The third-order valence-electron chi connectivity index (χ3n) is 3.01. The first-order valence-electron chi connectivity index (χ1n) is 5.50. The third kappa shape index (κ3) is 1.99. The van der Waals surface area contributed by atoms with Crippen LogP contribution in [0, 0.1) is 0 Å². The van der Waals surface area contributed by atoms with Crippen LogP contribution >= 0.6 is 27.3 Å². The zero-order valence-corrected chi connectivity index (χ0v) is 11.9. The maximum atomic E-state index is 9.49. The normalized spacial score (nSPS) is 17.4. The van der Waals surface area contributed by atoms with Gasteiger partial charge in [-0.15, -0.1) is 11.3 Å². The van der Waals surface area contributed by atoms with E-state index in [1.54, 1.807) is 17.5 Å². The molecule has 18 heavy (non-hydrogen) atoms. The highest BCUT2D eigenvalue weighted by Gasteiger charge is 2.42. The van der Waals surface area contributed by atoms with Gasteiger partial charge in [0, 0.05) is 16.0 Å². The van der Waals surface area contributed by atoms with Crippen LogP contribution in [0.15, 0.2) is 28.2 Å². The van der Waals surface area contributed by atoms with Crippen molar-refractivity contribution in [1.29, 1.82) is 0 Å². The average Bonchev–Trinajstić information content (AvgIpc) is 2.76. The maximum absolute atomic E-state index is 9.49. The van der Waals surface area contributed by atoms with Gasteiger partial charge in [0.1, 0.15) is 5.82 Å². The van der Waals surface area contributed by atoms with Crippen LogP contribution in [0.1, 0.15) is 5.82 Å². The van der Waals surface area contributed by atoms with E-state index in [-0.39, 0.29) is 6.61 Å². The second kappa shape index (κ2) is 4.70. The fraction of sp³-hybridized carbons (Fsp3) is 0.333. The maximum Gasteiger partial charge on any atom is 0.142 e. The van der Waals surface area contributed by atoms with Gasteiger partial charge in [-0.2, -0.15) is 0 Å². The summed E-state index contributed by atoms with van der Waals surface area (Å²) in [5.74, 6) is 0.665. The van der Waals surface area contributed by atoms with Crippen LogP contribution < -0.4 is 0 Å². The van der Waals surface area contributed by atoms with Crippen LogP contribution in [0.3, 0.4) is 0 Å². The van der Waals surface area contributed by atoms with Gasteiger partial charge in [0.25, 0.3) is 0 Å². The molecule has 0 saturated carbocycles. The van der Waals surface area contributed by atoms with E-state index in [9.17, 15) is 5.11 Å². The van der Waals surface area contributed by atoms with E-state index in [1.807, 2.05) is 17.5 Å². The Morgan fingerprint density at radius 1 is 1.50 bits per heavy atom. The Morgan fingerprint density at radius 2 is 2.33 bits per heavy atom. The summed E-state index contributed by atoms with van der Waals surface area (Å²) >= 11 is 5.06.